The number of methoxy groups -OCH3 is 1. The highest BCUT2D eigenvalue weighted by Gasteiger charge is 2.35. The van der Waals surface area contributed by atoms with Crippen LogP contribution in [0.4, 0.5) is 4.79 Å². The Morgan fingerprint density at radius 2 is 1.96 bits per heavy atom. The molecule has 0 aliphatic heterocycles. The Morgan fingerprint density at radius 3 is 2.54 bits per heavy atom. The molecule has 3 N–H and O–H groups in total. The fraction of sp³-hybridized carbons (Fsp3) is 0.619. The number of benzene rings is 1. The molecule has 1 aliphatic rings. The van der Waals surface area contributed by atoms with Crippen molar-refractivity contribution in [3.05, 3.63) is 29.8 Å². The molecule has 1 fully saturated rings. The van der Waals surface area contributed by atoms with Gasteiger partial charge < -0.3 is 20.5 Å². The van der Waals surface area contributed by atoms with Crippen LogP contribution >= 0.6 is 0 Å². The standard InChI is InChI=1S/C21H33N3O4/c1-5-24(13-20(25)26)16-11-15(12-16)22-21(27)23-18(10-14(2)3)17-8-6-7-9-19(17)28-4/h6-9,14-16,18H,5,10-13H2,1-4H3,(H,25,26)(H2,22,23,27). The normalized spacial score (nSPS) is 19.8. The van der Waals surface area contributed by atoms with Gasteiger partial charge in [-0.3, -0.25) is 9.69 Å². The quantitative estimate of drug-likeness (QED) is 0.570. The molecule has 0 saturated heterocycles. The molecule has 0 heterocycles. The third-order valence-corrected chi connectivity index (χ3v) is 5.24. The number of hydrogen-bond donors (Lipinski definition) is 3. The first kappa shape index (κ1) is 22.0. The molecule has 0 aromatic heterocycles. The van der Waals surface area contributed by atoms with Crippen LogP contribution in [0.5, 0.6) is 5.75 Å². The molecule has 1 aromatic carbocycles. The summed E-state index contributed by atoms with van der Waals surface area (Å²) < 4.78 is 5.46. The topological polar surface area (TPSA) is 90.9 Å². The first-order valence-electron chi connectivity index (χ1n) is 9.99. The molecule has 0 radical (unpaired) electrons. The van der Waals surface area contributed by atoms with Crippen molar-refractivity contribution in [1.82, 2.24) is 15.5 Å². The lowest BCUT2D eigenvalue weighted by atomic mass is 9.85. The van der Waals surface area contributed by atoms with Gasteiger partial charge in [0.25, 0.3) is 0 Å². The van der Waals surface area contributed by atoms with E-state index in [1.807, 2.05) is 36.1 Å². The van der Waals surface area contributed by atoms with Crippen LogP contribution in [-0.4, -0.2) is 54.3 Å². The molecule has 7 nitrogen and oxygen atoms in total. The Morgan fingerprint density at radius 1 is 1.29 bits per heavy atom. The van der Waals surface area contributed by atoms with Crippen molar-refractivity contribution in [2.45, 2.75) is 58.2 Å². The molecule has 2 amide bonds. The van der Waals surface area contributed by atoms with E-state index in [2.05, 4.69) is 24.5 Å². The highest BCUT2D eigenvalue weighted by Crippen LogP contribution is 2.30. The highest BCUT2D eigenvalue weighted by atomic mass is 16.5. The van der Waals surface area contributed by atoms with Gasteiger partial charge in [-0.25, -0.2) is 4.79 Å². The number of nitrogens with one attached hydrogen (secondary N) is 2. The van der Waals surface area contributed by atoms with E-state index < -0.39 is 5.97 Å². The van der Waals surface area contributed by atoms with Gasteiger partial charge in [0.2, 0.25) is 0 Å². The number of para-hydroxylation sites is 1. The number of nitrogens with zero attached hydrogens (tertiary/aromatic N) is 1. The van der Waals surface area contributed by atoms with E-state index in [0.29, 0.717) is 12.5 Å². The molecule has 0 bridgehead atoms. The predicted octanol–water partition coefficient (Wildman–Crippen LogP) is 3.02. The fourth-order valence-electron chi connectivity index (χ4n) is 3.75. The first-order chi connectivity index (χ1) is 13.3. The van der Waals surface area contributed by atoms with Crippen LogP contribution in [0.15, 0.2) is 24.3 Å². The molecular weight excluding hydrogens is 358 g/mol. The Kier molecular flexibility index (Phi) is 8.11. The van der Waals surface area contributed by atoms with Crippen LogP contribution in [0, 0.1) is 5.92 Å². The van der Waals surface area contributed by atoms with Gasteiger partial charge in [-0.15, -0.1) is 0 Å². The van der Waals surface area contributed by atoms with Crippen molar-refractivity contribution in [2.24, 2.45) is 5.92 Å². The van der Waals surface area contributed by atoms with Gasteiger partial charge in [0, 0.05) is 17.6 Å². The van der Waals surface area contributed by atoms with Gasteiger partial charge in [-0.1, -0.05) is 39.0 Å². The van der Waals surface area contributed by atoms with E-state index in [0.717, 1.165) is 30.6 Å². The van der Waals surface area contributed by atoms with Crippen molar-refractivity contribution in [3.8, 4) is 5.75 Å². The van der Waals surface area contributed by atoms with Gasteiger partial charge in [-0.2, -0.15) is 0 Å². The number of urea groups is 1. The number of amides is 2. The predicted molar refractivity (Wildman–Crippen MR) is 109 cm³/mol. The van der Waals surface area contributed by atoms with E-state index in [1.165, 1.54) is 0 Å². The highest BCUT2D eigenvalue weighted by molar-refractivity contribution is 5.75. The van der Waals surface area contributed by atoms with Gasteiger partial charge in [0.05, 0.1) is 19.7 Å². The zero-order valence-electron chi connectivity index (χ0n) is 17.3. The lowest BCUT2D eigenvalue weighted by molar-refractivity contribution is -0.139. The van der Waals surface area contributed by atoms with E-state index in [1.54, 1.807) is 7.11 Å². The number of ether oxygens (including phenoxy) is 1. The molecule has 7 heteroatoms. The number of hydrogen-bond acceptors (Lipinski definition) is 4. The number of aliphatic carboxylic acids is 1. The molecule has 0 spiro atoms. The molecule has 28 heavy (non-hydrogen) atoms. The Hall–Kier alpha value is -2.28. The summed E-state index contributed by atoms with van der Waals surface area (Å²) in [4.78, 5) is 25.4. The number of carboxylic acids is 1. The fourth-order valence-corrected chi connectivity index (χ4v) is 3.75. The number of likely N-dealkylation sites (N-methyl/N-ethyl adjacent to an activating group) is 1. The second kappa shape index (κ2) is 10.3. The van der Waals surface area contributed by atoms with E-state index in [-0.39, 0.29) is 30.7 Å². The van der Waals surface area contributed by atoms with Crippen LogP contribution in [0.3, 0.4) is 0 Å². The average Bonchev–Trinajstić information content (AvgIpc) is 2.61. The van der Waals surface area contributed by atoms with E-state index >= 15 is 0 Å². The molecule has 1 saturated carbocycles. The summed E-state index contributed by atoms with van der Waals surface area (Å²) in [5, 5.41) is 15.1. The molecule has 156 valence electrons. The molecule has 1 aliphatic carbocycles. The van der Waals surface area contributed by atoms with Crippen LogP contribution in [0.2, 0.25) is 0 Å². The van der Waals surface area contributed by atoms with Crippen LogP contribution in [0.1, 0.15) is 51.6 Å². The monoisotopic (exact) mass is 391 g/mol. The van der Waals surface area contributed by atoms with Gasteiger partial charge in [0.1, 0.15) is 5.75 Å². The number of rotatable bonds is 10. The summed E-state index contributed by atoms with van der Waals surface area (Å²) >= 11 is 0. The summed E-state index contributed by atoms with van der Waals surface area (Å²) in [6.45, 7) is 6.95. The minimum Gasteiger partial charge on any atom is -0.496 e. The number of carbonyl (C=O) groups is 2. The first-order valence-corrected chi connectivity index (χ1v) is 9.99. The molecule has 1 unspecified atom stereocenters. The maximum atomic E-state index is 12.6. The third kappa shape index (κ3) is 6.12. The van der Waals surface area contributed by atoms with E-state index in [4.69, 9.17) is 9.84 Å². The summed E-state index contributed by atoms with van der Waals surface area (Å²) in [5.74, 6) is 0.367. The van der Waals surface area contributed by atoms with Crippen LogP contribution in [-0.2, 0) is 4.79 Å². The Balaban J connectivity index is 1.92. The Labute approximate surface area is 167 Å². The second-order valence-electron chi connectivity index (χ2n) is 7.82. The lowest BCUT2D eigenvalue weighted by Gasteiger charge is -2.42. The zero-order chi connectivity index (χ0) is 20.7. The molecule has 1 atom stereocenters. The van der Waals surface area contributed by atoms with Gasteiger partial charge in [-0.05, 0) is 37.8 Å². The summed E-state index contributed by atoms with van der Waals surface area (Å²) in [6, 6.07) is 7.71. The maximum Gasteiger partial charge on any atom is 0.317 e. The third-order valence-electron chi connectivity index (χ3n) is 5.24. The SMILES string of the molecule is CCN(CC(=O)O)C1CC(NC(=O)NC(CC(C)C)c2ccccc2OC)C1. The van der Waals surface area contributed by atoms with Crippen molar-refractivity contribution in [1.29, 1.82) is 0 Å². The van der Waals surface area contributed by atoms with Gasteiger partial charge >= 0.3 is 12.0 Å². The minimum atomic E-state index is -0.815. The summed E-state index contributed by atoms with van der Waals surface area (Å²) in [7, 11) is 1.64. The maximum absolute atomic E-state index is 12.6. The largest absolute Gasteiger partial charge is 0.496 e. The molecule has 1 aromatic rings. The van der Waals surface area contributed by atoms with Crippen LogP contribution in [0.25, 0.3) is 0 Å². The average molecular weight is 392 g/mol. The van der Waals surface area contributed by atoms with Crippen molar-refractivity contribution < 1.29 is 19.4 Å². The molecular formula is C21H33N3O4. The van der Waals surface area contributed by atoms with Gasteiger partial charge in [0.15, 0.2) is 0 Å². The summed E-state index contributed by atoms with van der Waals surface area (Å²) in [6.07, 6.45) is 2.36. The van der Waals surface area contributed by atoms with E-state index in [9.17, 15) is 9.59 Å². The number of carboxylic acid groups (broad SMARTS) is 1. The smallest absolute Gasteiger partial charge is 0.317 e. The lowest BCUT2D eigenvalue weighted by Crippen LogP contribution is -2.56. The molecule has 2 rings (SSSR count). The second-order valence-corrected chi connectivity index (χ2v) is 7.82. The minimum absolute atomic E-state index is 0.0460. The van der Waals surface area contributed by atoms with Crippen molar-refractivity contribution in [3.63, 3.8) is 0 Å². The summed E-state index contributed by atoms with van der Waals surface area (Å²) in [5.41, 5.74) is 0.971. The van der Waals surface area contributed by atoms with Crippen molar-refractivity contribution in [2.75, 3.05) is 20.2 Å². The van der Waals surface area contributed by atoms with Crippen molar-refractivity contribution >= 4 is 12.0 Å². The zero-order valence-corrected chi connectivity index (χ0v) is 17.3. The number of carbonyl (C=O) groups excluding carboxylic acids is 1. The van der Waals surface area contributed by atoms with Crippen LogP contribution < -0.4 is 15.4 Å². The Bertz CT molecular complexity index is 659.